The molecule has 1 saturated carbocycles. The summed E-state index contributed by atoms with van der Waals surface area (Å²) in [6.45, 7) is 1.17. The number of hydrogen-bond acceptors (Lipinski definition) is 1. The van der Waals surface area contributed by atoms with Crippen LogP contribution in [0, 0.1) is 17.8 Å². The Morgan fingerprint density at radius 1 is 1.15 bits per heavy atom. The summed E-state index contributed by atoms with van der Waals surface area (Å²) >= 11 is 0. The maximum absolute atomic E-state index is 5.73. The molecule has 0 aromatic rings. The first-order valence-electron chi connectivity index (χ1n) is 5.58. The lowest BCUT2D eigenvalue weighted by atomic mass is 9.69. The van der Waals surface area contributed by atoms with E-state index >= 15 is 0 Å². The van der Waals surface area contributed by atoms with Crippen LogP contribution in [-0.2, 0) is 0 Å². The van der Waals surface area contributed by atoms with Gasteiger partial charge in [-0.3, -0.25) is 0 Å². The van der Waals surface area contributed by atoms with E-state index in [4.69, 9.17) is 6.42 Å². The van der Waals surface area contributed by atoms with E-state index in [1.807, 2.05) is 0 Å². The molecule has 1 atom stereocenters. The van der Waals surface area contributed by atoms with Crippen LogP contribution in [-0.4, -0.2) is 12.6 Å². The lowest BCUT2D eigenvalue weighted by Crippen LogP contribution is -2.42. The van der Waals surface area contributed by atoms with E-state index < -0.39 is 0 Å². The van der Waals surface area contributed by atoms with Crippen LogP contribution in [0.1, 0.15) is 44.9 Å². The smallest absolute Gasteiger partial charge is 0.0464 e. The Labute approximate surface area is 81.3 Å². The summed E-state index contributed by atoms with van der Waals surface area (Å²) in [4.78, 5) is 0. The highest BCUT2D eigenvalue weighted by Crippen LogP contribution is 2.41. The molecule has 0 radical (unpaired) electrons. The first-order valence-corrected chi connectivity index (χ1v) is 5.58. The molecule has 0 aromatic heterocycles. The summed E-state index contributed by atoms with van der Waals surface area (Å²) in [5, 5.41) is 3.58. The van der Waals surface area contributed by atoms with Crippen molar-refractivity contribution in [3.63, 3.8) is 0 Å². The van der Waals surface area contributed by atoms with E-state index in [1.165, 1.54) is 51.5 Å². The van der Waals surface area contributed by atoms with Gasteiger partial charge in [-0.05, 0) is 32.2 Å². The molecule has 2 fully saturated rings. The highest BCUT2D eigenvalue weighted by atomic mass is 15.0. The predicted molar refractivity (Wildman–Crippen MR) is 55.4 cm³/mol. The molecule has 1 unspecified atom stereocenters. The molecule has 2 aliphatic rings. The minimum absolute atomic E-state index is 0.217. The van der Waals surface area contributed by atoms with Crippen molar-refractivity contribution < 1.29 is 0 Å². The van der Waals surface area contributed by atoms with Crippen LogP contribution < -0.4 is 5.32 Å². The maximum Gasteiger partial charge on any atom is 0.0464 e. The van der Waals surface area contributed by atoms with Crippen LogP contribution in [0.3, 0.4) is 0 Å². The van der Waals surface area contributed by atoms with Crippen LogP contribution in [0.5, 0.6) is 0 Å². The lowest BCUT2D eigenvalue weighted by Gasteiger charge is -2.37. The molecule has 1 N–H and O–H groups in total. The van der Waals surface area contributed by atoms with Gasteiger partial charge < -0.3 is 5.32 Å². The number of nitrogens with one attached hydrogen (secondary N) is 1. The van der Waals surface area contributed by atoms with Gasteiger partial charge in [-0.2, -0.15) is 0 Å². The van der Waals surface area contributed by atoms with E-state index in [9.17, 15) is 0 Å². The second-order valence-corrected chi connectivity index (χ2v) is 4.51. The zero-order chi connectivity index (χ0) is 9.15. The van der Waals surface area contributed by atoms with E-state index in [2.05, 4.69) is 11.2 Å². The van der Waals surface area contributed by atoms with Crippen LogP contribution >= 0.6 is 0 Å². The van der Waals surface area contributed by atoms with Crippen LogP contribution in [0.15, 0.2) is 0 Å². The molecule has 1 heteroatoms. The highest BCUT2D eigenvalue weighted by molar-refractivity contribution is 5.13. The van der Waals surface area contributed by atoms with Gasteiger partial charge in [0.1, 0.15) is 0 Å². The average molecular weight is 177 g/mol. The molecule has 1 aliphatic heterocycles. The van der Waals surface area contributed by atoms with Crippen molar-refractivity contribution in [3.05, 3.63) is 0 Å². The van der Waals surface area contributed by atoms with Gasteiger partial charge in [0.2, 0.25) is 0 Å². The summed E-state index contributed by atoms with van der Waals surface area (Å²) < 4.78 is 0. The minimum atomic E-state index is 0.217. The number of hydrogen-bond donors (Lipinski definition) is 1. The first kappa shape index (κ1) is 9.09. The summed E-state index contributed by atoms with van der Waals surface area (Å²) in [5.74, 6) is 3.10. The van der Waals surface area contributed by atoms with Crippen molar-refractivity contribution in [2.45, 2.75) is 51.0 Å². The molecule has 1 nitrogen and oxygen atoms in total. The Hall–Kier alpha value is -0.480. The molecule has 0 bridgehead atoms. The third kappa shape index (κ3) is 1.60. The zero-order valence-corrected chi connectivity index (χ0v) is 8.31. The summed E-state index contributed by atoms with van der Waals surface area (Å²) in [5.41, 5.74) is 0.217. The second kappa shape index (κ2) is 3.72. The van der Waals surface area contributed by atoms with Crippen LogP contribution in [0.2, 0.25) is 0 Å². The normalized spacial score (nSPS) is 32.7. The maximum atomic E-state index is 5.73. The van der Waals surface area contributed by atoms with Gasteiger partial charge in [-0.1, -0.05) is 25.2 Å². The molecule has 2 rings (SSSR count). The third-order valence-electron chi connectivity index (χ3n) is 3.76. The van der Waals surface area contributed by atoms with Gasteiger partial charge in [0.05, 0.1) is 0 Å². The molecule has 1 aliphatic carbocycles. The molecule has 0 amide bonds. The molecular formula is C12H19N. The summed E-state index contributed by atoms with van der Waals surface area (Å²) in [6.07, 6.45) is 14.9. The first-order chi connectivity index (χ1) is 6.37. The van der Waals surface area contributed by atoms with E-state index in [0.717, 1.165) is 0 Å². The Morgan fingerprint density at radius 3 is 2.46 bits per heavy atom. The predicted octanol–water partition coefficient (Wildman–Crippen LogP) is 2.32. The van der Waals surface area contributed by atoms with Crippen molar-refractivity contribution in [1.82, 2.24) is 5.32 Å². The highest BCUT2D eigenvalue weighted by Gasteiger charge is 2.39. The molecule has 0 aromatic carbocycles. The van der Waals surface area contributed by atoms with Crippen molar-refractivity contribution in [3.8, 4) is 12.3 Å². The SMILES string of the molecule is C#CC1(C2CCCN2)CCCCC1. The van der Waals surface area contributed by atoms with E-state index in [1.54, 1.807) is 0 Å². The summed E-state index contributed by atoms with van der Waals surface area (Å²) in [6, 6.07) is 0.623. The Bertz CT molecular complexity index is 202. The molecule has 1 saturated heterocycles. The lowest BCUT2D eigenvalue weighted by molar-refractivity contribution is 0.206. The van der Waals surface area contributed by atoms with E-state index in [0.29, 0.717) is 6.04 Å². The molecule has 1 heterocycles. The van der Waals surface area contributed by atoms with Crippen molar-refractivity contribution >= 4 is 0 Å². The molecule has 13 heavy (non-hydrogen) atoms. The van der Waals surface area contributed by atoms with Crippen molar-refractivity contribution in [2.24, 2.45) is 5.41 Å². The fourth-order valence-electron chi connectivity index (χ4n) is 2.93. The number of terminal acetylenes is 1. The van der Waals surface area contributed by atoms with Gasteiger partial charge in [0.15, 0.2) is 0 Å². The topological polar surface area (TPSA) is 12.0 Å². The zero-order valence-electron chi connectivity index (χ0n) is 8.31. The number of rotatable bonds is 1. The van der Waals surface area contributed by atoms with Crippen LogP contribution in [0.25, 0.3) is 0 Å². The third-order valence-corrected chi connectivity index (χ3v) is 3.76. The minimum Gasteiger partial charge on any atom is -0.312 e. The van der Waals surface area contributed by atoms with Crippen LogP contribution in [0.4, 0.5) is 0 Å². The largest absolute Gasteiger partial charge is 0.312 e. The second-order valence-electron chi connectivity index (χ2n) is 4.51. The standard InChI is InChI=1S/C12H19N/c1-2-12(8-4-3-5-9-12)11-7-6-10-13-11/h1,11,13H,3-10H2. The van der Waals surface area contributed by atoms with Gasteiger partial charge in [-0.25, -0.2) is 0 Å². The quantitative estimate of drug-likeness (QED) is 0.606. The fourth-order valence-corrected chi connectivity index (χ4v) is 2.93. The van der Waals surface area contributed by atoms with Crippen molar-refractivity contribution in [1.29, 1.82) is 0 Å². The average Bonchev–Trinajstić information content (AvgIpc) is 2.72. The fraction of sp³-hybridized carbons (Fsp3) is 0.833. The Balaban J connectivity index is 2.08. The van der Waals surface area contributed by atoms with Gasteiger partial charge in [0.25, 0.3) is 0 Å². The Kier molecular flexibility index (Phi) is 2.60. The van der Waals surface area contributed by atoms with Gasteiger partial charge in [-0.15, -0.1) is 6.42 Å². The summed E-state index contributed by atoms with van der Waals surface area (Å²) in [7, 11) is 0. The van der Waals surface area contributed by atoms with E-state index in [-0.39, 0.29) is 5.41 Å². The molecular weight excluding hydrogens is 158 g/mol. The van der Waals surface area contributed by atoms with Gasteiger partial charge in [0, 0.05) is 11.5 Å². The monoisotopic (exact) mass is 177 g/mol. The Morgan fingerprint density at radius 2 is 1.92 bits per heavy atom. The van der Waals surface area contributed by atoms with Crippen molar-refractivity contribution in [2.75, 3.05) is 6.54 Å². The molecule has 0 spiro atoms. The van der Waals surface area contributed by atoms with Gasteiger partial charge >= 0.3 is 0 Å². The molecule has 72 valence electrons.